The van der Waals surface area contributed by atoms with E-state index in [1.54, 1.807) is 0 Å². The molecule has 1 atom stereocenters. The highest BCUT2D eigenvalue weighted by molar-refractivity contribution is 5.75. The van der Waals surface area contributed by atoms with Gasteiger partial charge < -0.3 is 11.1 Å². The first-order chi connectivity index (χ1) is 10.2. The molecule has 1 unspecified atom stereocenters. The van der Waals surface area contributed by atoms with Crippen LogP contribution in [0.25, 0.3) is 0 Å². The van der Waals surface area contributed by atoms with Gasteiger partial charge >= 0.3 is 0 Å². The number of hydrogen-bond acceptors (Lipinski definition) is 3. The van der Waals surface area contributed by atoms with Gasteiger partial charge in [0, 0.05) is 13.0 Å². The lowest BCUT2D eigenvalue weighted by molar-refractivity contribution is -0.121. The van der Waals surface area contributed by atoms with Crippen molar-refractivity contribution in [2.75, 3.05) is 26.2 Å². The predicted molar refractivity (Wildman–Crippen MR) is 88.0 cm³/mol. The Morgan fingerprint density at radius 2 is 1.86 bits per heavy atom. The van der Waals surface area contributed by atoms with Crippen LogP contribution in [0.4, 0.5) is 0 Å². The molecule has 1 aromatic carbocycles. The second-order valence-corrected chi connectivity index (χ2v) is 5.20. The quantitative estimate of drug-likeness (QED) is 0.650. The highest BCUT2D eigenvalue weighted by Gasteiger charge is 2.18. The van der Waals surface area contributed by atoms with Crippen molar-refractivity contribution in [3.8, 4) is 0 Å². The number of carbonyl (C=O) groups excluding carboxylic acids is 1. The van der Waals surface area contributed by atoms with E-state index < -0.39 is 0 Å². The minimum atomic E-state index is 0.122. The number of rotatable bonds is 10. The third-order valence-electron chi connectivity index (χ3n) is 3.79. The number of benzene rings is 1. The van der Waals surface area contributed by atoms with Crippen LogP contribution in [0.1, 0.15) is 44.7 Å². The van der Waals surface area contributed by atoms with Gasteiger partial charge in [0.1, 0.15) is 0 Å². The van der Waals surface area contributed by atoms with E-state index in [0.29, 0.717) is 19.5 Å². The van der Waals surface area contributed by atoms with Crippen LogP contribution in [-0.4, -0.2) is 37.0 Å². The number of unbranched alkanes of at least 4 members (excludes halogenated alkanes) is 1. The zero-order chi connectivity index (χ0) is 15.5. The smallest absolute Gasteiger partial charge is 0.220 e. The normalized spacial score (nSPS) is 12.4. The minimum absolute atomic E-state index is 0.122. The molecule has 0 aliphatic rings. The number of nitrogens with zero attached hydrogens (tertiary/aromatic N) is 1. The molecule has 0 radical (unpaired) electrons. The number of amides is 1. The van der Waals surface area contributed by atoms with E-state index >= 15 is 0 Å². The highest BCUT2D eigenvalue weighted by atomic mass is 16.1. The number of likely N-dealkylation sites (N-methyl/N-ethyl adjacent to an activating group) is 1. The zero-order valence-corrected chi connectivity index (χ0v) is 13.3. The largest absolute Gasteiger partial charge is 0.354 e. The molecule has 0 fully saturated rings. The standard InChI is InChI=1S/C17H29N3O/c1-3-20(4-2)16(15-10-6-5-7-11-15)14-19-17(21)12-8-9-13-18/h5-7,10-11,16H,3-4,8-9,12-14,18H2,1-2H3,(H,19,21). The Kier molecular flexibility index (Phi) is 8.71. The molecule has 118 valence electrons. The number of hydrogen-bond donors (Lipinski definition) is 2. The summed E-state index contributed by atoms with van der Waals surface area (Å²) in [6.45, 7) is 7.57. The Labute approximate surface area is 128 Å². The molecule has 3 N–H and O–H groups in total. The first-order valence-electron chi connectivity index (χ1n) is 7.98. The SMILES string of the molecule is CCN(CC)C(CNC(=O)CCCCN)c1ccccc1. The maximum Gasteiger partial charge on any atom is 0.220 e. The van der Waals surface area contributed by atoms with E-state index in [0.717, 1.165) is 25.9 Å². The van der Waals surface area contributed by atoms with Gasteiger partial charge in [-0.3, -0.25) is 9.69 Å². The molecular formula is C17H29N3O. The van der Waals surface area contributed by atoms with Crippen LogP contribution in [0.2, 0.25) is 0 Å². The highest BCUT2D eigenvalue weighted by Crippen LogP contribution is 2.19. The fraction of sp³-hybridized carbons (Fsp3) is 0.588. The van der Waals surface area contributed by atoms with E-state index in [9.17, 15) is 4.79 Å². The van der Waals surface area contributed by atoms with E-state index in [4.69, 9.17) is 5.73 Å². The summed E-state index contributed by atoms with van der Waals surface area (Å²) in [6, 6.07) is 10.6. The van der Waals surface area contributed by atoms with Crippen LogP contribution in [0.5, 0.6) is 0 Å². The number of nitrogens with two attached hydrogens (primary N) is 1. The molecule has 0 aromatic heterocycles. The van der Waals surface area contributed by atoms with Crippen LogP contribution < -0.4 is 11.1 Å². The lowest BCUT2D eigenvalue weighted by Crippen LogP contribution is -2.38. The van der Waals surface area contributed by atoms with Crippen molar-refractivity contribution in [2.24, 2.45) is 5.73 Å². The molecule has 0 spiro atoms. The van der Waals surface area contributed by atoms with Gasteiger partial charge in [0.05, 0.1) is 6.04 Å². The Bertz CT molecular complexity index is 390. The Hall–Kier alpha value is -1.39. The summed E-state index contributed by atoms with van der Waals surface area (Å²) in [5.41, 5.74) is 6.70. The summed E-state index contributed by atoms with van der Waals surface area (Å²) >= 11 is 0. The van der Waals surface area contributed by atoms with Crippen molar-refractivity contribution in [1.82, 2.24) is 10.2 Å². The minimum Gasteiger partial charge on any atom is -0.354 e. The summed E-state index contributed by atoms with van der Waals surface area (Å²) in [4.78, 5) is 14.3. The van der Waals surface area contributed by atoms with E-state index in [2.05, 4.69) is 48.3 Å². The average molecular weight is 291 g/mol. The van der Waals surface area contributed by atoms with Crippen molar-refractivity contribution in [3.63, 3.8) is 0 Å². The molecule has 1 rings (SSSR count). The second-order valence-electron chi connectivity index (χ2n) is 5.20. The van der Waals surface area contributed by atoms with Crippen molar-refractivity contribution in [3.05, 3.63) is 35.9 Å². The van der Waals surface area contributed by atoms with Crippen molar-refractivity contribution in [2.45, 2.75) is 39.2 Å². The van der Waals surface area contributed by atoms with Gasteiger partial charge in [0.2, 0.25) is 5.91 Å². The molecule has 0 saturated heterocycles. The van der Waals surface area contributed by atoms with Crippen molar-refractivity contribution in [1.29, 1.82) is 0 Å². The lowest BCUT2D eigenvalue weighted by atomic mass is 10.0. The molecular weight excluding hydrogens is 262 g/mol. The fourth-order valence-electron chi connectivity index (χ4n) is 2.53. The second kappa shape index (κ2) is 10.4. The summed E-state index contributed by atoms with van der Waals surface area (Å²) in [5, 5.41) is 3.07. The fourth-order valence-corrected chi connectivity index (χ4v) is 2.53. The summed E-state index contributed by atoms with van der Waals surface area (Å²) in [5.74, 6) is 0.122. The maximum atomic E-state index is 11.9. The monoisotopic (exact) mass is 291 g/mol. The molecule has 21 heavy (non-hydrogen) atoms. The molecule has 1 aromatic rings. The van der Waals surface area contributed by atoms with Crippen LogP contribution in [0.3, 0.4) is 0 Å². The molecule has 4 heteroatoms. The van der Waals surface area contributed by atoms with Crippen molar-refractivity contribution >= 4 is 5.91 Å². The van der Waals surface area contributed by atoms with Gasteiger partial charge in [-0.1, -0.05) is 44.2 Å². The van der Waals surface area contributed by atoms with Gasteiger partial charge in [0.15, 0.2) is 0 Å². The first-order valence-corrected chi connectivity index (χ1v) is 7.98. The predicted octanol–water partition coefficient (Wildman–Crippen LogP) is 2.31. The van der Waals surface area contributed by atoms with Gasteiger partial charge in [-0.25, -0.2) is 0 Å². The van der Waals surface area contributed by atoms with Gasteiger partial charge in [-0.15, -0.1) is 0 Å². The van der Waals surface area contributed by atoms with Crippen LogP contribution >= 0.6 is 0 Å². The Morgan fingerprint density at radius 1 is 1.19 bits per heavy atom. The average Bonchev–Trinajstić information content (AvgIpc) is 2.52. The molecule has 0 aliphatic heterocycles. The van der Waals surface area contributed by atoms with Crippen molar-refractivity contribution < 1.29 is 4.79 Å². The molecule has 1 amide bonds. The number of nitrogens with one attached hydrogen (secondary N) is 1. The first kappa shape index (κ1) is 17.7. The van der Waals surface area contributed by atoms with E-state index in [1.807, 2.05) is 6.07 Å². The van der Waals surface area contributed by atoms with E-state index in [1.165, 1.54) is 5.56 Å². The van der Waals surface area contributed by atoms with Gasteiger partial charge in [0.25, 0.3) is 0 Å². The summed E-state index contributed by atoms with van der Waals surface area (Å²) in [6.07, 6.45) is 2.34. The third kappa shape index (κ3) is 6.27. The number of carbonyl (C=O) groups is 1. The molecule has 0 bridgehead atoms. The van der Waals surface area contributed by atoms with Gasteiger partial charge in [-0.2, -0.15) is 0 Å². The maximum absolute atomic E-state index is 11.9. The van der Waals surface area contributed by atoms with Crippen LogP contribution in [0, 0.1) is 0 Å². The topological polar surface area (TPSA) is 58.4 Å². The lowest BCUT2D eigenvalue weighted by Gasteiger charge is -2.30. The van der Waals surface area contributed by atoms with Crippen LogP contribution in [-0.2, 0) is 4.79 Å². The van der Waals surface area contributed by atoms with Gasteiger partial charge in [-0.05, 0) is 38.0 Å². The Morgan fingerprint density at radius 3 is 2.43 bits per heavy atom. The Balaban J connectivity index is 2.60. The molecule has 4 nitrogen and oxygen atoms in total. The summed E-state index contributed by atoms with van der Waals surface area (Å²) < 4.78 is 0. The van der Waals surface area contributed by atoms with E-state index in [-0.39, 0.29) is 11.9 Å². The summed E-state index contributed by atoms with van der Waals surface area (Å²) in [7, 11) is 0. The molecule has 0 heterocycles. The van der Waals surface area contributed by atoms with Crippen LogP contribution in [0.15, 0.2) is 30.3 Å². The molecule has 0 aliphatic carbocycles. The molecule has 0 saturated carbocycles. The third-order valence-corrected chi connectivity index (χ3v) is 3.79. The zero-order valence-electron chi connectivity index (χ0n) is 13.3.